The Morgan fingerprint density at radius 3 is 2.53 bits per heavy atom. The average Bonchev–Trinajstić information content (AvgIpc) is 3.59. The van der Waals surface area contributed by atoms with E-state index < -0.39 is 21.0 Å². The van der Waals surface area contributed by atoms with Crippen molar-refractivity contribution < 1.29 is 22.9 Å². The average molecular weight is 462 g/mol. The van der Waals surface area contributed by atoms with Crippen molar-refractivity contribution in [2.24, 2.45) is 5.92 Å². The molecule has 0 aliphatic heterocycles. The molecule has 0 bridgehead atoms. The van der Waals surface area contributed by atoms with Gasteiger partial charge in [-0.25, -0.2) is 17.9 Å². The van der Waals surface area contributed by atoms with Crippen LogP contribution in [0.4, 0.5) is 21.9 Å². The van der Waals surface area contributed by atoms with Crippen LogP contribution < -0.4 is 20.7 Å². The third-order valence-corrected chi connectivity index (χ3v) is 6.20. The van der Waals surface area contributed by atoms with Gasteiger partial charge < -0.3 is 16.0 Å². The van der Waals surface area contributed by atoms with E-state index in [1.807, 2.05) is 0 Å². The number of hydrogen-bond donors (Lipinski definition) is 4. The number of sulfonamides is 1. The molecule has 3 rings (SSSR count). The number of anilines is 2. The van der Waals surface area contributed by atoms with Gasteiger partial charge in [-0.2, -0.15) is 0 Å². The number of rotatable bonds is 9. The summed E-state index contributed by atoms with van der Waals surface area (Å²) in [6.45, 7) is 1.67. The highest BCUT2D eigenvalue weighted by atomic mass is 32.2. The van der Waals surface area contributed by atoms with Gasteiger partial charge in [-0.15, -0.1) is 0 Å². The number of carbonyl (C=O) groups is 2. The molecule has 32 heavy (non-hydrogen) atoms. The number of nitro groups is 1. The number of nitro benzene ring substituents is 1. The summed E-state index contributed by atoms with van der Waals surface area (Å²) in [5.74, 6) is 0.0158. The summed E-state index contributed by atoms with van der Waals surface area (Å²) < 4.78 is 26.8. The smallest absolute Gasteiger partial charge is 0.319 e. The van der Waals surface area contributed by atoms with E-state index in [9.17, 15) is 28.1 Å². The Kier molecular flexibility index (Phi) is 7.05. The number of urea groups is 1. The highest BCUT2D eigenvalue weighted by Crippen LogP contribution is 2.30. The zero-order valence-electron chi connectivity index (χ0n) is 17.3. The van der Waals surface area contributed by atoms with Crippen molar-refractivity contribution in [2.75, 3.05) is 23.7 Å². The number of amides is 3. The maximum absolute atomic E-state index is 12.3. The van der Waals surface area contributed by atoms with E-state index in [0.29, 0.717) is 11.4 Å². The maximum atomic E-state index is 12.3. The molecule has 12 heteroatoms. The van der Waals surface area contributed by atoms with E-state index in [1.165, 1.54) is 18.2 Å². The van der Waals surface area contributed by atoms with Gasteiger partial charge in [0.25, 0.3) is 5.69 Å². The second-order valence-electron chi connectivity index (χ2n) is 7.33. The quantitative estimate of drug-likeness (QED) is 0.255. The highest BCUT2D eigenvalue weighted by Gasteiger charge is 2.29. The van der Waals surface area contributed by atoms with Crippen LogP contribution in [0.2, 0.25) is 0 Å². The molecule has 0 atom stereocenters. The second-order valence-corrected chi connectivity index (χ2v) is 9.09. The lowest BCUT2D eigenvalue weighted by atomic mass is 10.1. The number of hydrogen-bond acceptors (Lipinski definition) is 6. The molecule has 2 aromatic rings. The van der Waals surface area contributed by atoms with Gasteiger partial charge in [0.15, 0.2) is 0 Å². The van der Waals surface area contributed by atoms with Crippen LogP contribution in [0.3, 0.4) is 0 Å². The number of carbonyl (C=O) groups excluding carboxylic acids is 2. The van der Waals surface area contributed by atoms with Crippen LogP contribution in [0, 0.1) is 23.0 Å². The number of nitrogens with one attached hydrogen (secondary N) is 4. The summed E-state index contributed by atoms with van der Waals surface area (Å²) in [7, 11) is -3.97. The molecule has 4 N–H and O–H groups in total. The van der Waals surface area contributed by atoms with Crippen molar-refractivity contribution in [2.45, 2.75) is 24.7 Å². The normalized spacial score (nSPS) is 13.3. The Balaban J connectivity index is 1.49. The predicted molar refractivity (Wildman–Crippen MR) is 118 cm³/mol. The Labute approximate surface area is 184 Å². The molecule has 0 radical (unpaired) electrons. The van der Waals surface area contributed by atoms with Crippen molar-refractivity contribution >= 4 is 39.0 Å². The zero-order valence-corrected chi connectivity index (χ0v) is 18.1. The standard InChI is InChI=1S/C20H23N5O6S/c1-13-5-8-15(23-19(26)14-6-7-14)11-18(13)24-20(27)21-9-10-22-32(30,31)17-4-2-3-16(12-17)25(28)29/h2-5,8,11-12,14,22H,6-7,9-10H2,1H3,(H,23,26)(H2,21,24,27). The van der Waals surface area contributed by atoms with E-state index in [2.05, 4.69) is 20.7 Å². The summed E-state index contributed by atoms with van der Waals surface area (Å²) in [5, 5.41) is 18.8. The monoisotopic (exact) mass is 461 g/mol. The van der Waals surface area contributed by atoms with Gasteiger partial charge in [0, 0.05) is 42.5 Å². The molecule has 0 spiro atoms. The van der Waals surface area contributed by atoms with Gasteiger partial charge in [0.05, 0.1) is 9.82 Å². The summed E-state index contributed by atoms with van der Waals surface area (Å²) >= 11 is 0. The molecule has 2 aromatic carbocycles. The van der Waals surface area contributed by atoms with Crippen LogP contribution in [0.15, 0.2) is 47.4 Å². The molecule has 0 aromatic heterocycles. The van der Waals surface area contributed by atoms with Gasteiger partial charge in [-0.1, -0.05) is 12.1 Å². The molecular weight excluding hydrogens is 438 g/mol. The first-order valence-corrected chi connectivity index (χ1v) is 11.3. The zero-order chi connectivity index (χ0) is 23.3. The summed E-state index contributed by atoms with van der Waals surface area (Å²) in [5.41, 5.74) is 1.54. The third kappa shape index (κ3) is 6.25. The van der Waals surface area contributed by atoms with Gasteiger partial charge in [0.2, 0.25) is 15.9 Å². The molecule has 0 heterocycles. The Morgan fingerprint density at radius 1 is 1.09 bits per heavy atom. The van der Waals surface area contributed by atoms with E-state index in [4.69, 9.17) is 0 Å². The van der Waals surface area contributed by atoms with Crippen LogP contribution in [0.5, 0.6) is 0 Å². The maximum Gasteiger partial charge on any atom is 0.319 e. The van der Waals surface area contributed by atoms with Gasteiger partial charge in [-0.05, 0) is 43.5 Å². The third-order valence-electron chi connectivity index (χ3n) is 4.74. The molecule has 11 nitrogen and oxygen atoms in total. The SMILES string of the molecule is Cc1ccc(NC(=O)C2CC2)cc1NC(=O)NCCNS(=O)(=O)c1cccc([N+](=O)[O-])c1. The fraction of sp³-hybridized carbons (Fsp3) is 0.300. The summed E-state index contributed by atoms with van der Waals surface area (Å²) in [6, 6.07) is 9.30. The molecule has 3 amide bonds. The molecule has 0 unspecified atom stereocenters. The molecule has 1 fully saturated rings. The summed E-state index contributed by atoms with van der Waals surface area (Å²) in [4.78, 5) is 34.0. The number of benzene rings is 2. The van der Waals surface area contributed by atoms with Crippen molar-refractivity contribution in [1.29, 1.82) is 0 Å². The lowest BCUT2D eigenvalue weighted by molar-refractivity contribution is -0.385. The first-order chi connectivity index (χ1) is 15.2. The van der Waals surface area contributed by atoms with Crippen LogP contribution in [0.1, 0.15) is 18.4 Å². The predicted octanol–water partition coefficient (Wildman–Crippen LogP) is 2.35. The largest absolute Gasteiger partial charge is 0.337 e. The van der Waals surface area contributed by atoms with E-state index in [-0.39, 0.29) is 35.5 Å². The van der Waals surface area contributed by atoms with Gasteiger partial charge >= 0.3 is 6.03 Å². The molecular formula is C20H23N5O6S. The molecule has 170 valence electrons. The van der Waals surface area contributed by atoms with Gasteiger partial charge in [-0.3, -0.25) is 14.9 Å². The fourth-order valence-corrected chi connectivity index (χ4v) is 3.87. The van der Waals surface area contributed by atoms with Crippen molar-refractivity contribution in [1.82, 2.24) is 10.0 Å². The molecule has 1 aliphatic carbocycles. The van der Waals surface area contributed by atoms with Crippen LogP contribution in [-0.4, -0.2) is 38.4 Å². The molecule has 1 saturated carbocycles. The second kappa shape index (κ2) is 9.75. The first kappa shape index (κ1) is 23.2. The minimum absolute atomic E-state index is 0.0167. The number of non-ortho nitro benzene ring substituents is 1. The van der Waals surface area contributed by atoms with E-state index in [1.54, 1.807) is 25.1 Å². The lowest BCUT2D eigenvalue weighted by Gasteiger charge is -2.13. The lowest BCUT2D eigenvalue weighted by Crippen LogP contribution is -2.36. The van der Waals surface area contributed by atoms with Crippen LogP contribution in [-0.2, 0) is 14.8 Å². The van der Waals surface area contributed by atoms with E-state index in [0.717, 1.165) is 24.5 Å². The van der Waals surface area contributed by atoms with E-state index >= 15 is 0 Å². The number of nitrogens with zero attached hydrogens (tertiary/aromatic N) is 1. The highest BCUT2D eigenvalue weighted by molar-refractivity contribution is 7.89. The minimum Gasteiger partial charge on any atom is -0.337 e. The summed E-state index contributed by atoms with van der Waals surface area (Å²) in [6.07, 6.45) is 1.77. The molecule has 1 aliphatic rings. The minimum atomic E-state index is -3.97. The fourth-order valence-electron chi connectivity index (χ4n) is 2.80. The Morgan fingerprint density at radius 2 is 1.84 bits per heavy atom. The van der Waals surface area contributed by atoms with Crippen LogP contribution >= 0.6 is 0 Å². The van der Waals surface area contributed by atoms with Crippen molar-refractivity contribution in [3.05, 3.63) is 58.1 Å². The molecule has 0 saturated heterocycles. The van der Waals surface area contributed by atoms with Crippen molar-refractivity contribution in [3.8, 4) is 0 Å². The van der Waals surface area contributed by atoms with Gasteiger partial charge in [0.1, 0.15) is 0 Å². The number of aryl methyl sites for hydroxylation is 1. The topological polar surface area (TPSA) is 160 Å². The first-order valence-electron chi connectivity index (χ1n) is 9.86. The Hall–Kier alpha value is -3.51. The van der Waals surface area contributed by atoms with Crippen LogP contribution in [0.25, 0.3) is 0 Å². The Bertz CT molecular complexity index is 1150. The van der Waals surface area contributed by atoms with Crippen molar-refractivity contribution in [3.63, 3.8) is 0 Å².